The van der Waals surface area contributed by atoms with Crippen molar-refractivity contribution in [2.45, 2.75) is 4.90 Å². The van der Waals surface area contributed by atoms with Crippen molar-refractivity contribution in [3.8, 4) is 11.5 Å². The summed E-state index contributed by atoms with van der Waals surface area (Å²) in [5, 5.41) is 15.5. The van der Waals surface area contributed by atoms with Crippen LogP contribution in [0.3, 0.4) is 0 Å². The number of sulfonamides is 1. The number of nitro benzene ring substituents is 1. The second-order valence-corrected chi connectivity index (χ2v) is 8.37. The Morgan fingerprint density at radius 2 is 1.84 bits per heavy atom. The van der Waals surface area contributed by atoms with Crippen molar-refractivity contribution >= 4 is 27.6 Å². The molecule has 0 aliphatic carbocycles. The van der Waals surface area contributed by atoms with Crippen LogP contribution >= 0.6 is 0 Å². The average Bonchev–Trinajstić information content (AvgIpc) is 2.79. The van der Waals surface area contributed by atoms with Crippen LogP contribution in [0.2, 0.25) is 0 Å². The highest BCUT2D eigenvalue weighted by Crippen LogP contribution is 2.30. The Balaban J connectivity index is 1.82. The fraction of sp³-hybridized carbons (Fsp3) is 0.316. The molecule has 12 heteroatoms. The second kappa shape index (κ2) is 9.73. The predicted octanol–water partition coefficient (Wildman–Crippen LogP) is 2.08. The molecule has 0 unspecified atom stereocenters. The third kappa shape index (κ3) is 5.10. The number of nitrogens with one attached hydrogen (secondary N) is 1. The lowest BCUT2D eigenvalue weighted by Gasteiger charge is -2.26. The summed E-state index contributed by atoms with van der Waals surface area (Å²) < 4.78 is 42.3. The molecule has 0 saturated carbocycles. The van der Waals surface area contributed by atoms with E-state index in [-0.39, 0.29) is 36.9 Å². The fourth-order valence-electron chi connectivity index (χ4n) is 2.96. The molecule has 0 atom stereocenters. The van der Waals surface area contributed by atoms with E-state index >= 15 is 0 Å². The van der Waals surface area contributed by atoms with Crippen LogP contribution in [0, 0.1) is 10.1 Å². The zero-order valence-corrected chi connectivity index (χ0v) is 17.8. The van der Waals surface area contributed by atoms with Crippen LogP contribution in [-0.4, -0.2) is 64.4 Å². The molecule has 0 bridgehead atoms. The van der Waals surface area contributed by atoms with Crippen LogP contribution in [0.5, 0.6) is 11.5 Å². The lowest BCUT2D eigenvalue weighted by atomic mass is 10.2. The van der Waals surface area contributed by atoms with Crippen molar-refractivity contribution in [1.29, 1.82) is 0 Å². The number of rotatable bonds is 8. The molecule has 0 radical (unpaired) electrons. The second-order valence-electron chi connectivity index (χ2n) is 6.44. The topological polar surface area (TPSA) is 133 Å². The average molecular weight is 450 g/mol. The summed E-state index contributed by atoms with van der Waals surface area (Å²) in [5.74, 6) is 1.07. The molecule has 2 aromatic carbocycles. The van der Waals surface area contributed by atoms with Gasteiger partial charge < -0.3 is 14.2 Å². The van der Waals surface area contributed by atoms with Crippen LogP contribution in [0.25, 0.3) is 0 Å². The van der Waals surface area contributed by atoms with E-state index in [4.69, 9.17) is 14.2 Å². The zero-order valence-electron chi connectivity index (χ0n) is 17.0. The molecule has 31 heavy (non-hydrogen) atoms. The largest absolute Gasteiger partial charge is 0.493 e. The molecule has 1 saturated heterocycles. The highest BCUT2D eigenvalue weighted by molar-refractivity contribution is 7.89. The Labute approximate surface area is 179 Å². The molecule has 166 valence electrons. The summed E-state index contributed by atoms with van der Waals surface area (Å²) in [6.45, 7) is 0.967. The number of hydrazone groups is 1. The summed E-state index contributed by atoms with van der Waals surface area (Å²) in [6, 6.07) is 8.78. The fourth-order valence-corrected chi connectivity index (χ4v) is 4.39. The minimum absolute atomic E-state index is 0.0580. The van der Waals surface area contributed by atoms with Crippen molar-refractivity contribution < 1.29 is 27.6 Å². The Morgan fingerprint density at radius 3 is 2.48 bits per heavy atom. The Kier molecular flexibility index (Phi) is 7.05. The first-order valence-electron chi connectivity index (χ1n) is 9.24. The third-order valence-corrected chi connectivity index (χ3v) is 6.47. The van der Waals surface area contributed by atoms with E-state index in [0.29, 0.717) is 17.1 Å². The number of nitro groups is 1. The molecule has 1 aliphatic rings. The van der Waals surface area contributed by atoms with Gasteiger partial charge in [-0.3, -0.25) is 15.5 Å². The first-order valence-corrected chi connectivity index (χ1v) is 10.7. The first-order chi connectivity index (χ1) is 14.9. The van der Waals surface area contributed by atoms with E-state index in [1.54, 1.807) is 18.2 Å². The minimum Gasteiger partial charge on any atom is -0.493 e. The molecule has 1 N–H and O–H groups in total. The summed E-state index contributed by atoms with van der Waals surface area (Å²) in [6.07, 6.45) is 1.45. The van der Waals surface area contributed by atoms with E-state index in [1.165, 1.54) is 36.9 Å². The van der Waals surface area contributed by atoms with Crippen LogP contribution in [0.15, 0.2) is 46.4 Å². The molecule has 0 aromatic heterocycles. The number of nitrogens with zero attached hydrogens (tertiary/aromatic N) is 3. The number of hydrogen-bond donors (Lipinski definition) is 1. The molecular formula is C19H22N4O7S. The van der Waals surface area contributed by atoms with Gasteiger partial charge in [0.15, 0.2) is 11.5 Å². The van der Waals surface area contributed by atoms with Gasteiger partial charge in [-0.05, 0) is 35.9 Å². The van der Waals surface area contributed by atoms with Crippen molar-refractivity contribution in [2.24, 2.45) is 5.10 Å². The summed E-state index contributed by atoms with van der Waals surface area (Å²) in [5.41, 5.74) is 2.91. The molecule has 1 heterocycles. The van der Waals surface area contributed by atoms with Gasteiger partial charge in [-0.1, -0.05) is 0 Å². The normalized spacial score (nSPS) is 15.0. The summed E-state index contributed by atoms with van der Waals surface area (Å²) >= 11 is 0. The molecule has 3 rings (SSSR count). The minimum atomic E-state index is -3.86. The van der Waals surface area contributed by atoms with Crippen molar-refractivity contribution in [1.82, 2.24) is 4.31 Å². The lowest BCUT2D eigenvalue weighted by Crippen LogP contribution is -2.40. The van der Waals surface area contributed by atoms with E-state index in [9.17, 15) is 18.5 Å². The smallest absolute Gasteiger partial charge is 0.295 e. The SMILES string of the molecule is COc1ccc(/C=N/Nc2ccc(S(=O)(=O)N3CCOCC3)cc2[N+](=O)[O-])cc1OC. The van der Waals surface area contributed by atoms with E-state index in [1.807, 2.05) is 0 Å². The van der Waals surface area contributed by atoms with Gasteiger partial charge in [-0.15, -0.1) is 0 Å². The molecular weight excluding hydrogens is 428 g/mol. The lowest BCUT2D eigenvalue weighted by molar-refractivity contribution is -0.384. The zero-order chi connectivity index (χ0) is 22.4. The number of hydrogen-bond acceptors (Lipinski definition) is 9. The molecule has 1 fully saturated rings. The van der Waals surface area contributed by atoms with Gasteiger partial charge in [0.2, 0.25) is 10.0 Å². The number of anilines is 1. The van der Waals surface area contributed by atoms with Gasteiger partial charge in [0, 0.05) is 19.2 Å². The predicted molar refractivity (Wildman–Crippen MR) is 113 cm³/mol. The molecule has 2 aromatic rings. The van der Waals surface area contributed by atoms with Crippen LogP contribution in [-0.2, 0) is 14.8 Å². The van der Waals surface area contributed by atoms with Gasteiger partial charge in [0.05, 0.1) is 43.5 Å². The van der Waals surface area contributed by atoms with Crippen LogP contribution in [0.1, 0.15) is 5.56 Å². The van der Waals surface area contributed by atoms with Gasteiger partial charge in [0.25, 0.3) is 5.69 Å². The van der Waals surface area contributed by atoms with Crippen molar-refractivity contribution in [3.63, 3.8) is 0 Å². The van der Waals surface area contributed by atoms with Crippen molar-refractivity contribution in [2.75, 3.05) is 45.9 Å². The Morgan fingerprint density at radius 1 is 1.13 bits per heavy atom. The monoisotopic (exact) mass is 450 g/mol. The maximum atomic E-state index is 12.8. The summed E-state index contributed by atoms with van der Waals surface area (Å²) in [7, 11) is -0.826. The number of benzene rings is 2. The Bertz CT molecular complexity index is 1080. The van der Waals surface area contributed by atoms with Crippen LogP contribution in [0.4, 0.5) is 11.4 Å². The standard InChI is InChI=1S/C19H22N4O7S/c1-28-18-6-3-14(11-19(18)29-2)13-20-21-16-5-4-15(12-17(16)23(24)25)31(26,27)22-7-9-30-10-8-22/h3-6,11-13,21H,7-10H2,1-2H3/b20-13+. The molecule has 1 aliphatic heterocycles. The summed E-state index contributed by atoms with van der Waals surface area (Å²) in [4.78, 5) is 10.7. The van der Waals surface area contributed by atoms with Gasteiger partial charge >= 0.3 is 0 Å². The number of methoxy groups -OCH3 is 2. The maximum absolute atomic E-state index is 12.8. The quantitative estimate of drug-likeness (QED) is 0.367. The third-order valence-electron chi connectivity index (χ3n) is 4.58. The maximum Gasteiger partial charge on any atom is 0.295 e. The number of ether oxygens (including phenoxy) is 3. The molecule has 0 spiro atoms. The van der Waals surface area contributed by atoms with Crippen molar-refractivity contribution in [3.05, 3.63) is 52.1 Å². The molecule has 11 nitrogen and oxygen atoms in total. The van der Waals surface area contributed by atoms with Crippen LogP contribution < -0.4 is 14.9 Å². The van der Waals surface area contributed by atoms with Gasteiger partial charge in [0.1, 0.15) is 5.69 Å². The van der Waals surface area contributed by atoms with E-state index < -0.39 is 20.6 Å². The molecule has 0 amide bonds. The highest BCUT2D eigenvalue weighted by Gasteiger charge is 2.28. The van der Waals surface area contributed by atoms with E-state index in [2.05, 4.69) is 10.5 Å². The van der Waals surface area contributed by atoms with Gasteiger partial charge in [-0.25, -0.2) is 8.42 Å². The Hall–Kier alpha value is -3.22. The van der Waals surface area contributed by atoms with E-state index in [0.717, 1.165) is 6.07 Å². The first kappa shape index (κ1) is 22.5. The highest BCUT2D eigenvalue weighted by atomic mass is 32.2. The number of morpholine rings is 1. The van der Waals surface area contributed by atoms with Gasteiger partial charge in [-0.2, -0.15) is 9.41 Å².